The summed E-state index contributed by atoms with van der Waals surface area (Å²) in [4.78, 5) is 20.9. The molecule has 2 aromatic rings. The lowest BCUT2D eigenvalue weighted by Gasteiger charge is -2.35. The number of aromatic nitrogens is 1. The molecule has 0 aliphatic carbocycles. The highest BCUT2D eigenvalue weighted by molar-refractivity contribution is 7.89. The van der Waals surface area contributed by atoms with Crippen LogP contribution in [-0.4, -0.2) is 67.8 Å². The summed E-state index contributed by atoms with van der Waals surface area (Å²) in [6.45, 7) is 4.60. The number of carbonyl (C=O) groups excluding carboxylic acids is 1. The van der Waals surface area contributed by atoms with Gasteiger partial charge in [0, 0.05) is 51.5 Å². The van der Waals surface area contributed by atoms with Crippen LogP contribution in [0.15, 0.2) is 33.7 Å². The summed E-state index contributed by atoms with van der Waals surface area (Å²) >= 11 is 0. The summed E-state index contributed by atoms with van der Waals surface area (Å²) in [5.74, 6) is 0.665. The van der Waals surface area contributed by atoms with Crippen molar-refractivity contribution < 1.29 is 17.6 Å². The van der Waals surface area contributed by atoms with Crippen LogP contribution in [0.4, 0.5) is 5.82 Å². The first-order valence-electron chi connectivity index (χ1n) is 9.91. The zero-order chi connectivity index (χ0) is 21.3. The summed E-state index contributed by atoms with van der Waals surface area (Å²) in [5, 5.41) is 9.05. The van der Waals surface area contributed by atoms with Crippen LogP contribution in [0.5, 0.6) is 0 Å². The standard InChI is InChI=1S/C20H23N5O4S/c1-15-18(30(27,28)25-6-2-3-7-25)13-17(29-15)20(26)24-10-8-23(9-11-24)19-12-16(14-21)4-5-22-19/h4-5,12-13H,2-3,6-11H2,1H3. The van der Waals surface area contributed by atoms with E-state index in [1.54, 1.807) is 30.2 Å². The molecule has 1 amide bonds. The molecule has 2 saturated heterocycles. The number of furan rings is 1. The molecule has 4 rings (SSSR count). The number of hydrogen-bond acceptors (Lipinski definition) is 7. The molecule has 30 heavy (non-hydrogen) atoms. The van der Waals surface area contributed by atoms with Gasteiger partial charge in [-0.2, -0.15) is 9.57 Å². The van der Waals surface area contributed by atoms with Crippen LogP contribution in [0, 0.1) is 18.3 Å². The maximum absolute atomic E-state index is 12.9. The highest BCUT2D eigenvalue weighted by Crippen LogP contribution is 2.27. The molecule has 10 heteroatoms. The normalized spacial score (nSPS) is 17.9. The second kappa shape index (κ2) is 8.08. The highest BCUT2D eigenvalue weighted by atomic mass is 32.2. The number of anilines is 1. The van der Waals surface area contributed by atoms with Crippen molar-refractivity contribution in [2.24, 2.45) is 0 Å². The first-order chi connectivity index (χ1) is 14.4. The lowest BCUT2D eigenvalue weighted by atomic mass is 10.2. The van der Waals surface area contributed by atoms with Gasteiger partial charge in [0.05, 0.1) is 11.6 Å². The van der Waals surface area contributed by atoms with Gasteiger partial charge in [-0.05, 0) is 31.9 Å². The minimum atomic E-state index is -3.64. The largest absolute Gasteiger partial charge is 0.455 e. The van der Waals surface area contributed by atoms with E-state index in [1.807, 2.05) is 4.90 Å². The van der Waals surface area contributed by atoms with Gasteiger partial charge in [-0.3, -0.25) is 4.79 Å². The van der Waals surface area contributed by atoms with Gasteiger partial charge in [0.15, 0.2) is 5.76 Å². The summed E-state index contributed by atoms with van der Waals surface area (Å²) in [6, 6.07) is 6.83. The SMILES string of the molecule is Cc1oc(C(=O)N2CCN(c3cc(C#N)ccn3)CC2)cc1S(=O)(=O)N1CCCC1. The Morgan fingerprint density at radius 3 is 2.50 bits per heavy atom. The molecule has 4 heterocycles. The van der Waals surface area contributed by atoms with Gasteiger partial charge in [-0.1, -0.05) is 0 Å². The average Bonchev–Trinajstić information content (AvgIpc) is 3.44. The number of aryl methyl sites for hydroxylation is 1. The second-order valence-electron chi connectivity index (χ2n) is 7.44. The van der Waals surface area contributed by atoms with E-state index >= 15 is 0 Å². The number of rotatable bonds is 4. The molecule has 9 nitrogen and oxygen atoms in total. The molecule has 0 unspecified atom stereocenters. The van der Waals surface area contributed by atoms with Crippen molar-refractivity contribution in [2.45, 2.75) is 24.7 Å². The number of piperazine rings is 1. The highest BCUT2D eigenvalue weighted by Gasteiger charge is 2.33. The van der Waals surface area contributed by atoms with Crippen molar-refractivity contribution >= 4 is 21.7 Å². The predicted molar refractivity (Wildman–Crippen MR) is 109 cm³/mol. The van der Waals surface area contributed by atoms with Gasteiger partial charge in [-0.15, -0.1) is 0 Å². The molecule has 0 saturated carbocycles. The molecule has 0 atom stereocenters. The quantitative estimate of drug-likeness (QED) is 0.726. The van der Waals surface area contributed by atoms with Gasteiger partial charge in [0.2, 0.25) is 10.0 Å². The third-order valence-corrected chi connectivity index (χ3v) is 7.54. The summed E-state index contributed by atoms with van der Waals surface area (Å²) in [5.41, 5.74) is 0.538. The molecule has 2 fully saturated rings. The average molecular weight is 430 g/mol. The topological polar surface area (TPSA) is 111 Å². The summed E-state index contributed by atoms with van der Waals surface area (Å²) in [6.07, 6.45) is 3.29. The summed E-state index contributed by atoms with van der Waals surface area (Å²) in [7, 11) is -3.64. The molecule has 0 spiro atoms. The van der Waals surface area contributed by atoms with E-state index in [9.17, 15) is 13.2 Å². The third-order valence-electron chi connectivity index (χ3n) is 5.53. The van der Waals surface area contributed by atoms with Crippen LogP contribution in [0.3, 0.4) is 0 Å². The van der Waals surface area contributed by atoms with E-state index in [-0.39, 0.29) is 22.3 Å². The minimum absolute atomic E-state index is 0.0447. The maximum Gasteiger partial charge on any atom is 0.289 e. The second-order valence-corrected chi connectivity index (χ2v) is 9.34. The van der Waals surface area contributed by atoms with Crippen molar-refractivity contribution in [3.63, 3.8) is 0 Å². The molecule has 0 N–H and O–H groups in total. The molecular formula is C20H23N5O4S. The van der Waals surface area contributed by atoms with Crippen LogP contribution < -0.4 is 4.90 Å². The first-order valence-corrected chi connectivity index (χ1v) is 11.3. The number of sulfonamides is 1. The molecule has 2 aliphatic heterocycles. The Morgan fingerprint density at radius 2 is 1.83 bits per heavy atom. The lowest BCUT2D eigenvalue weighted by Crippen LogP contribution is -2.49. The van der Waals surface area contributed by atoms with Gasteiger partial charge in [0.25, 0.3) is 5.91 Å². The molecule has 2 aromatic heterocycles. The van der Waals surface area contributed by atoms with Crippen LogP contribution >= 0.6 is 0 Å². The van der Waals surface area contributed by atoms with E-state index in [1.165, 1.54) is 10.4 Å². The van der Waals surface area contributed by atoms with Crippen molar-refractivity contribution in [3.8, 4) is 6.07 Å². The minimum Gasteiger partial charge on any atom is -0.455 e. The maximum atomic E-state index is 12.9. The number of nitriles is 1. The lowest BCUT2D eigenvalue weighted by molar-refractivity contribution is 0.0713. The predicted octanol–water partition coefficient (Wildman–Crippen LogP) is 1.60. The Labute approximate surface area is 175 Å². The first kappa shape index (κ1) is 20.4. The fraction of sp³-hybridized carbons (Fsp3) is 0.450. The van der Waals surface area contributed by atoms with E-state index in [4.69, 9.17) is 9.68 Å². The van der Waals surface area contributed by atoms with Gasteiger partial charge >= 0.3 is 0 Å². The van der Waals surface area contributed by atoms with Gasteiger partial charge in [0.1, 0.15) is 16.5 Å². The molecule has 0 radical (unpaired) electrons. The number of pyridine rings is 1. The Bertz CT molecular complexity index is 1090. The number of hydrogen-bond donors (Lipinski definition) is 0. The zero-order valence-corrected chi connectivity index (χ0v) is 17.6. The van der Waals surface area contributed by atoms with Gasteiger partial charge in [-0.25, -0.2) is 13.4 Å². The summed E-state index contributed by atoms with van der Waals surface area (Å²) < 4.78 is 32.7. The third kappa shape index (κ3) is 3.78. The Kier molecular flexibility index (Phi) is 5.49. The van der Waals surface area contributed by atoms with E-state index in [2.05, 4.69) is 11.1 Å². The smallest absolute Gasteiger partial charge is 0.289 e. The number of amides is 1. The Hall–Kier alpha value is -2.90. The molecular weight excluding hydrogens is 406 g/mol. The van der Waals surface area contributed by atoms with Crippen LogP contribution in [-0.2, 0) is 10.0 Å². The van der Waals surface area contributed by atoms with Crippen molar-refractivity contribution in [2.75, 3.05) is 44.2 Å². The molecule has 2 aliphatic rings. The Morgan fingerprint density at radius 1 is 1.13 bits per heavy atom. The number of nitrogens with zero attached hydrogens (tertiary/aromatic N) is 5. The molecule has 158 valence electrons. The zero-order valence-electron chi connectivity index (χ0n) is 16.7. The fourth-order valence-electron chi connectivity index (χ4n) is 3.85. The van der Waals surface area contributed by atoms with Crippen molar-refractivity contribution in [1.29, 1.82) is 5.26 Å². The van der Waals surface area contributed by atoms with Crippen LogP contribution in [0.1, 0.15) is 34.7 Å². The van der Waals surface area contributed by atoms with Crippen LogP contribution in [0.25, 0.3) is 0 Å². The van der Waals surface area contributed by atoms with Crippen molar-refractivity contribution in [3.05, 3.63) is 41.5 Å². The van der Waals surface area contributed by atoms with Gasteiger partial charge < -0.3 is 14.2 Å². The van der Waals surface area contributed by atoms with E-state index in [0.717, 1.165) is 12.8 Å². The molecule has 0 bridgehead atoms. The van der Waals surface area contributed by atoms with Crippen molar-refractivity contribution in [1.82, 2.24) is 14.2 Å². The van der Waals surface area contributed by atoms with E-state index in [0.29, 0.717) is 50.6 Å². The monoisotopic (exact) mass is 429 g/mol. The van der Waals surface area contributed by atoms with E-state index < -0.39 is 10.0 Å². The fourth-order valence-corrected chi connectivity index (χ4v) is 5.53. The number of carbonyl (C=O) groups is 1. The Balaban J connectivity index is 1.45. The van der Waals surface area contributed by atoms with Crippen LogP contribution in [0.2, 0.25) is 0 Å². The molecule has 0 aromatic carbocycles.